The molecule has 1 amide bonds. The molecule has 0 radical (unpaired) electrons. The van der Waals surface area contributed by atoms with E-state index in [1.54, 1.807) is 6.92 Å². The van der Waals surface area contributed by atoms with E-state index in [1.165, 1.54) is 14.2 Å². The van der Waals surface area contributed by atoms with Gasteiger partial charge < -0.3 is 18.0 Å². The molecule has 1 aromatic rings. The number of carbonyl (C=O) groups excluding carboxylic acids is 1. The smallest absolute Gasteiger partial charge is 0.405 e. The van der Waals surface area contributed by atoms with Gasteiger partial charge in [-0.05, 0) is 13.3 Å². The lowest BCUT2D eigenvalue weighted by Gasteiger charge is -2.26. The molecule has 0 aliphatic rings. The molecule has 0 aliphatic heterocycles. The van der Waals surface area contributed by atoms with Crippen LogP contribution in [0.15, 0.2) is 6.07 Å². The highest BCUT2D eigenvalue weighted by Gasteiger charge is 2.38. The van der Waals surface area contributed by atoms with Crippen LogP contribution in [0.4, 0.5) is 26.8 Å². The van der Waals surface area contributed by atoms with Crippen molar-refractivity contribution in [2.24, 2.45) is 0 Å². The molecule has 0 spiro atoms. The molecule has 0 bridgehead atoms. The van der Waals surface area contributed by atoms with Crippen molar-refractivity contribution in [2.45, 2.75) is 19.4 Å². The van der Waals surface area contributed by atoms with Gasteiger partial charge in [0.2, 0.25) is 11.6 Å². The summed E-state index contributed by atoms with van der Waals surface area (Å²) >= 11 is 0. The molecular weight excluding hydrogens is 385 g/mol. The van der Waals surface area contributed by atoms with Gasteiger partial charge in [0.25, 0.3) is 0 Å². The van der Waals surface area contributed by atoms with E-state index in [1.807, 2.05) is 0 Å². The molecule has 1 aromatic carbocycles. The fourth-order valence-electron chi connectivity index (χ4n) is 1.99. The van der Waals surface area contributed by atoms with E-state index in [0.717, 1.165) is 0 Å². The number of hydrogen-bond acceptors (Lipinski definition) is 5. The fraction of sp³-hybridized carbons (Fsp3) is 0.500. The Morgan fingerprint density at radius 3 is 2.27 bits per heavy atom. The summed E-state index contributed by atoms with van der Waals surface area (Å²) in [6.45, 7) is 1.51. The zero-order valence-corrected chi connectivity index (χ0v) is 15.3. The average Bonchev–Trinajstić information content (AvgIpc) is 2.63. The first kappa shape index (κ1) is 22.3. The van der Waals surface area contributed by atoms with Crippen molar-refractivity contribution in [3.05, 3.63) is 29.3 Å². The molecule has 0 aliphatic carbocycles. The first-order chi connectivity index (χ1) is 12.2. The Kier molecular flexibility index (Phi) is 8.40. The maximum Gasteiger partial charge on any atom is 0.500 e. The Morgan fingerprint density at radius 1 is 1.12 bits per heavy atom. The summed E-state index contributed by atoms with van der Waals surface area (Å²) in [5.41, 5.74) is 0. The van der Waals surface area contributed by atoms with Crippen LogP contribution in [0.5, 0.6) is 5.75 Å². The highest BCUT2D eigenvalue weighted by Crippen LogP contribution is 2.25. The second-order valence-electron chi connectivity index (χ2n) is 4.88. The zero-order valence-electron chi connectivity index (χ0n) is 14.3. The van der Waals surface area contributed by atoms with Crippen LogP contribution < -0.4 is 4.74 Å². The Morgan fingerprint density at radius 2 is 1.73 bits per heavy atom. The summed E-state index contributed by atoms with van der Waals surface area (Å²) < 4.78 is 86.0. The van der Waals surface area contributed by atoms with Gasteiger partial charge >= 0.3 is 14.9 Å². The van der Waals surface area contributed by atoms with Crippen LogP contribution in [0.3, 0.4) is 0 Å². The molecule has 0 atom stereocenters. The zero-order chi connectivity index (χ0) is 19.9. The average molecular weight is 403 g/mol. The minimum absolute atomic E-state index is 0.0358. The molecule has 0 fully saturated rings. The van der Waals surface area contributed by atoms with Gasteiger partial charge in [-0.15, -0.1) is 5.12 Å². The number of amides is 1. The maximum atomic E-state index is 13.7. The summed E-state index contributed by atoms with van der Waals surface area (Å²) in [5, 5.41) is -0.435. The topological polar surface area (TPSA) is 57.2 Å². The van der Waals surface area contributed by atoms with Gasteiger partial charge in [0.1, 0.15) is 0 Å². The molecule has 148 valence electrons. The second-order valence-corrected chi connectivity index (χ2v) is 7.85. The predicted octanol–water partition coefficient (Wildman–Crippen LogP) is 3.59. The lowest BCUT2D eigenvalue weighted by Crippen LogP contribution is -2.44. The van der Waals surface area contributed by atoms with Crippen LogP contribution in [0.1, 0.15) is 13.3 Å². The Hall–Kier alpha value is -1.76. The van der Waals surface area contributed by atoms with E-state index in [2.05, 4.69) is 4.74 Å². The number of carbonyl (C=O) groups is 1. The molecule has 0 aromatic heterocycles. The first-order valence-electron chi connectivity index (χ1n) is 7.43. The van der Waals surface area contributed by atoms with E-state index in [4.69, 9.17) is 13.3 Å². The van der Waals surface area contributed by atoms with Crippen molar-refractivity contribution in [1.82, 2.24) is 5.12 Å². The van der Waals surface area contributed by atoms with Gasteiger partial charge in [-0.2, -0.15) is 4.39 Å². The Labute approximate surface area is 147 Å². The molecule has 1 rings (SSSR count). The van der Waals surface area contributed by atoms with Gasteiger partial charge in [-0.1, -0.05) is 4.48 Å². The number of ether oxygens (including phenoxy) is 1. The largest absolute Gasteiger partial charge is 0.500 e. The Balaban J connectivity index is 2.66. The van der Waals surface area contributed by atoms with E-state index in [0.29, 0.717) is 6.61 Å². The van der Waals surface area contributed by atoms with Crippen LogP contribution in [-0.2, 0) is 13.3 Å². The molecule has 26 heavy (non-hydrogen) atoms. The molecular formula is C14H18F5NO5Si. The molecule has 6 nitrogen and oxygen atoms in total. The van der Waals surface area contributed by atoms with Gasteiger partial charge in [0, 0.05) is 32.9 Å². The van der Waals surface area contributed by atoms with Crippen molar-refractivity contribution >= 4 is 14.9 Å². The van der Waals surface area contributed by atoms with Crippen molar-refractivity contribution < 1.29 is 44.9 Å². The summed E-state index contributed by atoms with van der Waals surface area (Å²) in [4.78, 5) is 11.5. The standard InChI is InChI=1S/C14H18F5NO5Si/c1-4-24-26(22-2,23-3)7-5-6-20(19)14(21)25-10-8-9(15)11(16)13(18)12(10)17/h8H,4-7H2,1-3H3. The lowest BCUT2D eigenvalue weighted by molar-refractivity contribution is 0.0339. The van der Waals surface area contributed by atoms with Gasteiger partial charge in [0.05, 0.1) is 6.54 Å². The van der Waals surface area contributed by atoms with E-state index < -0.39 is 55.6 Å². The number of nitrogens with zero attached hydrogens (tertiary/aromatic N) is 1. The summed E-state index contributed by atoms with van der Waals surface area (Å²) in [6.07, 6.45) is -1.69. The lowest BCUT2D eigenvalue weighted by atomic mass is 10.3. The molecule has 0 heterocycles. The highest BCUT2D eigenvalue weighted by atomic mass is 28.4. The Bertz CT molecular complexity index is 632. The van der Waals surface area contributed by atoms with E-state index in [-0.39, 0.29) is 18.5 Å². The quantitative estimate of drug-likeness (QED) is 0.207. The first-order valence-corrected chi connectivity index (χ1v) is 9.36. The third kappa shape index (κ3) is 5.36. The maximum absolute atomic E-state index is 13.7. The van der Waals surface area contributed by atoms with Crippen LogP contribution in [-0.4, -0.2) is 47.4 Å². The summed E-state index contributed by atoms with van der Waals surface area (Å²) in [6, 6.07) is 0.262. The molecule has 0 saturated heterocycles. The van der Waals surface area contributed by atoms with Crippen LogP contribution in [0.25, 0.3) is 0 Å². The van der Waals surface area contributed by atoms with Crippen molar-refractivity contribution in [3.63, 3.8) is 0 Å². The van der Waals surface area contributed by atoms with Crippen molar-refractivity contribution in [2.75, 3.05) is 27.4 Å². The van der Waals surface area contributed by atoms with Gasteiger partial charge in [-0.25, -0.2) is 18.0 Å². The molecule has 0 saturated carbocycles. The van der Waals surface area contributed by atoms with E-state index in [9.17, 15) is 26.8 Å². The minimum Gasteiger partial charge on any atom is -0.405 e. The highest BCUT2D eigenvalue weighted by molar-refractivity contribution is 6.60. The van der Waals surface area contributed by atoms with Gasteiger partial charge in [0.15, 0.2) is 17.4 Å². The normalized spacial score (nSPS) is 11.5. The number of rotatable bonds is 9. The van der Waals surface area contributed by atoms with Crippen molar-refractivity contribution in [1.29, 1.82) is 0 Å². The second kappa shape index (κ2) is 9.80. The van der Waals surface area contributed by atoms with Crippen molar-refractivity contribution in [3.8, 4) is 5.75 Å². The minimum atomic E-state index is -3.00. The molecule has 12 heteroatoms. The van der Waals surface area contributed by atoms with Gasteiger partial charge in [-0.3, -0.25) is 0 Å². The monoisotopic (exact) mass is 403 g/mol. The van der Waals surface area contributed by atoms with Crippen LogP contribution >= 0.6 is 0 Å². The number of halogens is 5. The SMILES string of the molecule is CCO[Si](CCCN(F)C(=O)Oc1cc(F)c(F)c(F)c1F)(OC)OC. The fourth-order valence-corrected chi connectivity index (χ4v) is 3.98. The predicted molar refractivity (Wildman–Crippen MR) is 80.9 cm³/mol. The van der Waals surface area contributed by atoms with Crippen LogP contribution in [0, 0.1) is 23.3 Å². The third-order valence-electron chi connectivity index (χ3n) is 3.29. The summed E-state index contributed by atoms with van der Waals surface area (Å²) in [7, 11) is -0.259. The molecule has 0 unspecified atom stereocenters. The number of hydrogen-bond donors (Lipinski definition) is 0. The van der Waals surface area contributed by atoms with Crippen LogP contribution in [0.2, 0.25) is 6.04 Å². The van der Waals surface area contributed by atoms with E-state index >= 15 is 0 Å². The number of benzene rings is 1. The summed E-state index contributed by atoms with van der Waals surface area (Å²) in [5.74, 6) is -9.26. The molecule has 0 N–H and O–H groups in total. The third-order valence-corrected chi connectivity index (χ3v) is 6.23.